The van der Waals surface area contributed by atoms with Crippen LogP contribution in [0.1, 0.15) is 38.3 Å². The van der Waals surface area contributed by atoms with Gasteiger partial charge in [0.05, 0.1) is 12.1 Å². The number of benzene rings is 1. The molecule has 0 bridgehead atoms. The molecule has 0 aliphatic heterocycles. The van der Waals surface area contributed by atoms with E-state index in [0.717, 1.165) is 29.7 Å². The minimum Gasteiger partial charge on any atom is -0.422 e. The van der Waals surface area contributed by atoms with E-state index in [1.54, 1.807) is 6.08 Å². The van der Waals surface area contributed by atoms with Crippen LogP contribution in [0.15, 0.2) is 58.0 Å². The molecule has 2 aromatic heterocycles. The van der Waals surface area contributed by atoms with Crippen LogP contribution in [-0.4, -0.2) is 25.5 Å². The van der Waals surface area contributed by atoms with Crippen LogP contribution in [-0.2, 0) is 11.3 Å². The highest BCUT2D eigenvalue weighted by atomic mass is 16.4. The Kier molecular flexibility index (Phi) is 7.60. The largest absolute Gasteiger partial charge is 0.422 e. The van der Waals surface area contributed by atoms with Crippen molar-refractivity contribution in [1.29, 1.82) is 0 Å². The first-order chi connectivity index (χ1) is 15.0. The third-order valence-electron chi connectivity index (χ3n) is 5.26. The molecule has 1 N–H and O–H groups in total. The highest BCUT2D eigenvalue weighted by Gasteiger charge is 2.07. The van der Waals surface area contributed by atoms with Crippen molar-refractivity contribution < 1.29 is 13.8 Å². The zero-order valence-electron chi connectivity index (χ0n) is 18.4. The van der Waals surface area contributed by atoms with Gasteiger partial charge in [-0.1, -0.05) is 13.0 Å². The zero-order valence-corrected chi connectivity index (χ0v) is 18.4. The smallest absolute Gasteiger partial charge is 0.343 e. The van der Waals surface area contributed by atoms with Gasteiger partial charge < -0.3 is 14.6 Å². The van der Waals surface area contributed by atoms with Crippen LogP contribution in [0.2, 0.25) is 0 Å². The number of fused-ring (bicyclic) bond motifs is 1. The molecule has 0 spiro atoms. The number of nitrogens with one attached hydrogen (secondary N) is 1. The molecule has 1 amide bonds. The Morgan fingerprint density at radius 3 is 2.48 bits per heavy atom. The van der Waals surface area contributed by atoms with Gasteiger partial charge in [0.15, 0.2) is 18.9 Å². The van der Waals surface area contributed by atoms with E-state index in [1.165, 1.54) is 0 Å². The van der Waals surface area contributed by atoms with E-state index in [4.69, 9.17) is 4.42 Å². The Morgan fingerprint density at radius 2 is 1.81 bits per heavy atom. The summed E-state index contributed by atoms with van der Waals surface area (Å²) >= 11 is 0. The highest BCUT2D eigenvalue weighted by Crippen LogP contribution is 2.22. The van der Waals surface area contributed by atoms with E-state index >= 15 is 0 Å². The second kappa shape index (κ2) is 10.6. The summed E-state index contributed by atoms with van der Waals surface area (Å²) in [4.78, 5) is 26.0. The van der Waals surface area contributed by atoms with Crippen LogP contribution in [0.3, 0.4) is 0 Å². The highest BCUT2D eigenvalue weighted by molar-refractivity contribution is 5.83. The van der Waals surface area contributed by atoms with Crippen LogP contribution >= 0.6 is 0 Å². The van der Waals surface area contributed by atoms with Gasteiger partial charge in [0.25, 0.3) is 0 Å². The maximum absolute atomic E-state index is 12.5. The van der Waals surface area contributed by atoms with Crippen molar-refractivity contribution in [2.75, 3.05) is 24.5 Å². The van der Waals surface area contributed by atoms with Gasteiger partial charge >= 0.3 is 5.63 Å². The van der Waals surface area contributed by atoms with Crippen LogP contribution in [0.4, 0.5) is 5.69 Å². The monoisotopic (exact) mass is 420 g/mol. The molecule has 0 saturated carbocycles. The summed E-state index contributed by atoms with van der Waals surface area (Å²) in [6.45, 7) is 9.15. The fraction of sp³-hybridized carbons (Fsp3) is 0.320. The molecule has 0 saturated heterocycles. The minimum absolute atomic E-state index is 0.0543. The third-order valence-corrected chi connectivity index (χ3v) is 5.26. The number of nitrogens with zero attached hydrogens (tertiary/aromatic N) is 2. The Balaban J connectivity index is 1.72. The molecule has 0 aliphatic carbocycles. The standard InChI is InChI=1S/C25H29N3O3/c1-4-24(29)26-13-16-27-14-11-19(12-15-27)7-8-21-17-20-9-10-22(28(5-2)6-3)18-23(20)31-25(21)30/h7-12,14-15,17-18H,4-6,13,16H2,1-3H3/p+1. The SMILES string of the molecule is CCC(=O)NCC[n+]1ccc(/C=C/c2cc3ccc(N(CC)CC)cc3oc2=O)cc1. The molecule has 1 aromatic carbocycles. The molecule has 0 atom stereocenters. The Hall–Kier alpha value is -3.41. The lowest BCUT2D eigenvalue weighted by molar-refractivity contribution is -0.694. The van der Waals surface area contributed by atoms with Gasteiger partial charge in [-0.15, -0.1) is 0 Å². The summed E-state index contributed by atoms with van der Waals surface area (Å²) in [6.07, 6.45) is 8.08. The number of amides is 1. The molecule has 3 aromatic rings. The second-order valence-corrected chi connectivity index (χ2v) is 7.29. The van der Waals surface area contributed by atoms with Crippen molar-refractivity contribution >= 4 is 34.7 Å². The number of carbonyl (C=O) groups is 1. The maximum atomic E-state index is 12.5. The summed E-state index contributed by atoms with van der Waals surface area (Å²) in [5.74, 6) is 0.0543. The fourth-order valence-corrected chi connectivity index (χ4v) is 3.38. The number of aromatic nitrogens is 1. The minimum atomic E-state index is -0.349. The number of hydrogen-bond acceptors (Lipinski definition) is 4. The fourth-order valence-electron chi connectivity index (χ4n) is 3.38. The van der Waals surface area contributed by atoms with Gasteiger partial charge in [-0.25, -0.2) is 9.36 Å². The molecule has 31 heavy (non-hydrogen) atoms. The Morgan fingerprint density at radius 1 is 1.06 bits per heavy atom. The predicted molar refractivity (Wildman–Crippen MR) is 125 cm³/mol. The zero-order chi connectivity index (χ0) is 22.2. The lowest BCUT2D eigenvalue weighted by Gasteiger charge is -2.20. The Labute approximate surface area is 182 Å². The van der Waals surface area contributed by atoms with E-state index in [-0.39, 0.29) is 11.5 Å². The van der Waals surface area contributed by atoms with Gasteiger partial charge in [0.1, 0.15) is 5.58 Å². The van der Waals surface area contributed by atoms with E-state index in [0.29, 0.717) is 30.7 Å². The van der Waals surface area contributed by atoms with Crippen molar-refractivity contribution in [3.63, 3.8) is 0 Å². The van der Waals surface area contributed by atoms with Gasteiger partial charge in [-0.3, -0.25) is 4.79 Å². The van der Waals surface area contributed by atoms with Gasteiger partial charge in [0.2, 0.25) is 5.91 Å². The van der Waals surface area contributed by atoms with E-state index in [1.807, 2.05) is 60.3 Å². The molecule has 2 heterocycles. The van der Waals surface area contributed by atoms with Gasteiger partial charge in [-0.2, -0.15) is 0 Å². The molecule has 0 unspecified atom stereocenters. The number of hydrogen-bond donors (Lipinski definition) is 1. The van der Waals surface area contributed by atoms with Crippen molar-refractivity contribution in [3.05, 3.63) is 70.3 Å². The lowest BCUT2D eigenvalue weighted by atomic mass is 10.1. The van der Waals surface area contributed by atoms with Crippen LogP contribution in [0.25, 0.3) is 23.1 Å². The molecule has 162 valence electrons. The molecule has 0 radical (unpaired) electrons. The number of carbonyl (C=O) groups excluding carboxylic acids is 1. The van der Waals surface area contributed by atoms with Crippen LogP contribution in [0.5, 0.6) is 0 Å². The summed E-state index contributed by atoms with van der Waals surface area (Å²) in [6, 6.07) is 11.8. The Bertz CT molecular complexity index is 1110. The molecule has 6 nitrogen and oxygen atoms in total. The van der Waals surface area contributed by atoms with Crippen LogP contribution < -0.4 is 20.4 Å². The molecule has 6 heteroatoms. The second-order valence-electron chi connectivity index (χ2n) is 7.29. The maximum Gasteiger partial charge on any atom is 0.343 e. The van der Waals surface area contributed by atoms with Gasteiger partial charge in [0, 0.05) is 48.8 Å². The summed E-state index contributed by atoms with van der Waals surface area (Å²) in [5.41, 5.74) is 2.80. The van der Waals surface area contributed by atoms with Crippen molar-refractivity contribution in [2.24, 2.45) is 0 Å². The number of pyridine rings is 1. The summed E-state index contributed by atoms with van der Waals surface area (Å²) in [5, 5.41) is 3.76. The van der Waals surface area contributed by atoms with Gasteiger partial charge in [-0.05, 0) is 43.7 Å². The lowest BCUT2D eigenvalue weighted by Crippen LogP contribution is -2.39. The summed E-state index contributed by atoms with van der Waals surface area (Å²) in [7, 11) is 0. The molecule has 3 rings (SSSR count). The third kappa shape index (κ3) is 5.81. The first-order valence-electron chi connectivity index (χ1n) is 10.8. The predicted octanol–water partition coefficient (Wildman–Crippen LogP) is 3.62. The molecular formula is C25H30N3O3+. The van der Waals surface area contributed by atoms with Crippen molar-refractivity contribution in [2.45, 2.75) is 33.7 Å². The number of anilines is 1. The normalized spacial score (nSPS) is 11.2. The summed E-state index contributed by atoms with van der Waals surface area (Å²) < 4.78 is 7.59. The average Bonchev–Trinajstić information content (AvgIpc) is 2.79. The van der Waals surface area contributed by atoms with Crippen molar-refractivity contribution in [1.82, 2.24) is 5.32 Å². The number of rotatable bonds is 9. The first-order valence-corrected chi connectivity index (χ1v) is 10.8. The first kappa shape index (κ1) is 22.3. The quantitative estimate of drug-likeness (QED) is 0.424. The topological polar surface area (TPSA) is 66.4 Å². The molecule has 0 fully saturated rings. The van der Waals surface area contributed by atoms with E-state index in [9.17, 15) is 9.59 Å². The van der Waals surface area contributed by atoms with E-state index < -0.39 is 0 Å². The molecular weight excluding hydrogens is 390 g/mol. The molecule has 0 aliphatic rings. The van der Waals surface area contributed by atoms with Crippen molar-refractivity contribution in [3.8, 4) is 0 Å². The van der Waals surface area contributed by atoms with E-state index in [2.05, 4.69) is 30.1 Å². The van der Waals surface area contributed by atoms with Crippen LogP contribution in [0, 0.1) is 0 Å². The average molecular weight is 421 g/mol.